The van der Waals surface area contributed by atoms with Crippen LogP contribution in [0.15, 0.2) is 30.9 Å². The second-order valence-corrected chi connectivity index (χ2v) is 7.85. The summed E-state index contributed by atoms with van der Waals surface area (Å²) in [5.41, 5.74) is -1.12. The summed E-state index contributed by atoms with van der Waals surface area (Å²) in [6, 6.07) is 4.40. The van der Waals surface area contributed by atoms with Crippen LogP contribution >= 0.6 is 0 Å². The van der Waals surface area contributed by atoms with Crippen molar-refractivity contribution in [1.82, 2.24) is 4.90 Å². The van der Waals surface area contributed by atoms with Crippen molar-refractivity contribution >= 4 is 23.6 Å². The van der Waals surface area contributed by atoms with Gasteiger partial charge in [0.05, 0.1) is 33.9 Å². The fourth-order valence-corrected chi connectivity index (χ4v) is 4.48. The van der Waals surface area contributed by atoms with E-state index in [4.69, 9.17) is 23.7 Å². The standard InChI is InChI=1S/C24H31NO9/c1-8-16-19-15(10-9-11-18(19)30-3)17(26)13-25(16)20(27)14(2)12-24(21(28)31-4,22(29)32-5)23(33-6)34-7/h8-11,14,16,23H,1,12-13H2,2-7H3/t14?,16-/m0/s1. The van der Waals surface area contributed by atoms with Crippen LogP contribution in [0.3, 0.4) is 0 Å². The summed E-state index contributed by atoms with van der Waals surface area (Å²) in [5, 5.41) is 0. The molecule has 1 unspecified atom stereocenters. The first-order valence-electron chi connectivity index (χ1n) is 10.5. The fraction of sp³-hybridized carbons (Fsp3) is 0.500. The third-order valence-electron chi connectivity index (χ3n) is 6.02. The van der Waals surface area contributed by atoms with Crippen LogP contribution < -0.4 is 4.74 Å². The lowest BCUT2D eigenvalue weighted by molar-refractivity contribution is -0.216. The summed E-state index contributed by atoms with van der Waals surface area (Å²) in [6.07, 6.45) is -0.203. The van der Waals surface area contributed by atoms with E-state index >= 15 is 0 Å². The zero-order valence-electron chi connectivity index (χ0n) is 20.3. The minimum atomic E-state index is -2.08. The molecule has 1 aliphatic heterocycles. The molecule has 34 heavy (non-hydrogen) atoms. The van der Waals surface area contributed by atoms with Crippen molar-refractivity contribution in [2.24, 2.45) is 11.3 Å². The van der Waals surface area contributed by atoms with Gasteiger partial charge in [-0.1, -0.05) is 25.1 Å². The van der Waals surface area contributed by atoms with E-state index in [0.29, 0.717) is 16.9 Å². The van der Waals surface area contributed by atoms with Gasteiger partial charge in [-0.2, -0.15) is 0 Å². The van der Waals surface area contributed by atoms with Crippen LogP contribution in [-0.2, 0) is 33.3 Å². The van der Waals surface area contributed by atoms with Gasteiger partial charge in [0.15, 0.2) is 12.1 Å². The van der Waals surface area contributed by atoms with Gasteiger partial charge >= 0.3 is 11.9 Å². The number of nitrogens with zero attached hydrogens (tertiary/aromatic N) is 1. The van der Waals surface area contributed by atoms with Crippen LogP contribution in [0.25, 0.3) is 0 Å². The van der Waals surface area contributed by atoms with Crippen molar-refractivity contribution in [3.05, 3.63) is 42.0 Å². The van der Waals surface area contributed by atoms with Gasteiger partial charge in [0.1, 0.15) is 5.75 Å². The number of hydrogen-bond acceptors (Lipinski definition) is 9. The Morgan fingerprint density at radius 1 is 1.12 bits per heavy atom. The zero-order chi connectivity index (χ0) is 25.6. The van der Waals surface area contributed by atoms with Gasteiger partial charge < -0.3 is 28.6 Å². The second-order valence-electron chi connectivity index (χ2n) is 7.85. The molecule has 1 aliphatic rings. The Kier molecular flexibility index (Phi) is 8.94. The maximum Gasteiger partial charge on any atom is 0.328 e. The molecule has 0 saturated carbocycles. The highest BCUT2D eigenvalue weighted by Gasteiger charge is 2.57. The van der Waals surface area contributed by atoms with Crippen LogP contribution in [0.2, 0.25) is 0 Å². The Bertz CT molecular complexity index is 938. The van der Waals surface area contributed by atoms with Crippen molar-refractivity contribution in [2.45, 2.75) is 25.7 Å². The van der Waals surface area contributed by atoms with E-state index in [-0.39, 0.29) is 18.7 Å². The minimum Gasteiger partial charge on any atom is -0.496 e. The number of ether oxygens (including phenoxy) is 5. The monoisotopic (exact) mass is 477 g/mol. The lowest BCUT2D eigenvalue weighted by atomic mass is 9.77. The molecule has 0 aliphatic carbocycles. The number of carbonyl (C=O) groups excluding carboxylic acids is 4. The Morgan fingerprint density at radius 3 is 2.18 bits per heavy atom. The quantitative estimate of drug-likeness (QED) is 0.216. The Balaban J connectivity index is 2.51. The molecule has 10 heteroatoms. The molecule has 0 N–H and O–H groups in total. The number of esters is 2. The summed E-state index contributed by atoms with van der Waals surface area (Å²) in [7, 11) is 6.19. The number of fused-ring (bicyclic) bond motifs is 1. The predicted octanol–water partition coefficient (Wildman–Crippen LogP) is 1.92. The molecule has 2 rings (SSSR count). The van der Waals surface area contributed by atoms with Gasteiger partial charge in [0, 0.05) is 31.3 Å². The molecule has 0 radical (unpaired) electrons. The number of Topliss-reactive ketones (excluding diaryl/α,β-unsaturated/α-hetero) is 1. The maximum atomic E-state index is 13.6. The van der Waals surface area contributed by atoms with Crippen LogP contribution in [0.5, 0.6) is 5.75 Å². The van der Waals surface area contributed by atoms with Crippen LogP contribution in [-0.4, -0.2) is 76.9 Å². The molecular weight excluding hydrogens is 446 g/mol. The zero-order valence-corrected chi connectivity index (χ0v) is 20.3. The van der Waals surface area contributed by atoms with Gasteiger partial charge in [0.25, 0.3) is 0 Å². The number of amides is 1. The summed E-state index contributed by atoms with van der Waals surface area (Å²) >= 11 is 0. The van der Waals surface area contributed by atoms with Crippen molar-refractivity contribution in [1.29, 1.82) is 0 Å². The number of methoxy groups -OCH3 is 5. The van der Waals surface area contributed by atoms with Crippen molar-refractivity contribution in [2.75, 3.05) is 42.1 Å². The highest BCUT2D eigenvalue weighted by molar-refractivity contribution is 6.04. The lowest BCUT2D eigenvalue weighted by Crippen LogP contribution is -2.54. The van der Waals surface area contributed by atoms with E-state index in [2.05, 4.69) is 6.58 Å². The van der Waals surface area contributed by atoms with E-state index in [1.165, 1.54) is 33.2 Å². The fourth-order valence-electron chi connectivity index (χ4n) is 4.48. The molecule has 186 valence electrons. The van der Waals surface area contributed by atoms with E-state index < -0.39 is 41.5 Å². The minimum absolute atomic E-state index is 0.207. The average molecular weight is 478 g/mol. The summed E-state index contributed by atoms with van der Waals surface area (Å²) in [6.45, 7) is 5.17. The molecule has 1 heterocycles. The summed E-state index contributed by atoms with van der Waals surface area (Å²) in [4.78, 5) is 53.5. The molecule has 10 nitrogen and oxygen atoms in total. The number of carbonyl (C=O) groups is 4. The van der Waals surface area contributed by atoms with Gasteiger partial charge in [-0.05, 0) is 12.5 Å². The smallest absolute Gasteiger partial charge is 0.328 e. The molecule has 2 atom stereocenters. The largest absolute Gasteiger partial charge is 0.496 e. The molecule has 1 aromatic carbocycles. The van der Waals surface area contributed by atoms with E-state index in [1.807, 2.05) is 0 Å². The highest BCUT2D eigenvalue weighted by atomic mass is 16.7. The molecule has 1 aromatic rings. The normalized spacial score (nSPS) is 16.5. The third-order valence-corrected chi connectivity index (χ3v) is 6.02. The van der Waals surface area contributed by atoms with Gasteiger partial charge in [-0.25, -0.2) is 0 Å². The SMILES string of the molecule is C=C[C@H]1c2c(OC)cccc2C(=O)CN1C(=O)C(C)CC(C(=O)OC)(C(=O)OC)C(OC)OC. The molecule has 0 aromatic heterocycles. The second kappa shape index (κ2) is 11.3. The van der Waals surface area contributed by atoms with Gasteiger partial charge in [-0.3, -0.25) is 19.2 Å². The number of ketones is 1. The van der Waals surface area contributed by atoms with Gasteiger partial charge in [0.2, 0.25) is 11.3 Å². The van der Waals surface area contributed by atoms with E-state index in [9.17, 15) is 19.2 Å². The first kappa shape index (κ1) is 27.0. The molecular formula is C24H31NO9. The van der Waals surface area contributed by atoms with E-state index in [1.54, 1.807) is 24.3 Å². The van der Waals surface area contributed by atoms with Crippen LogP contribution in [0.4, 0.5) is 0 Å². The first-order chi connectivity index (χ1) is 16.2. The third kappa shape index (κ3) is 4.55. The molecule has 1 amide bonds. The summed E-state index contributed by atoms with van der Waals surface area (Å²) in [5.74, 6) is -3.22. The van der Waals surface area contributed by atoms with Crippen LogP contribution in [0.1, 0.15) is 35.3 Å². The Hall–Kier alpha value is -3.24. The number of rotatable bonds is 10. The molecule has 0 saturated heterocycles. The van der Waals surface area contributed by atoms with Crippen molar-refractivity contribution in [3.8, 4) is 5.75 Å². The molecule has 0 bridgehead atoms. The lowest BCUT2D eigenvalue weighted by Gasteiger charge is -2.39. The van der Waals surface area contributed by atoms with E-state index in [0.717, 1.165) is 14.2 Å². The van der Waals surface area contributed by atoms with Crippen molar-refractivity contribution < 1.29 is 42.9 Å². The Labute approximate surface area is 198 Å². The Morgan fingerprint density at radius 2 is 1.71 bits per heavy atom. The average Bonchev–Trinajstić information content (AvgIpc) is 2.86. The molecule has 0 spiro atoms. The van der Waals surface area contributed by atoms with Gasteiger partial charge in [-0.15, -0.1) is 6.58 Å². The maximum absolute atomic E-state index is 13.6. The summed E-state index contributed by atoms with van der Waals surface area (Å²) < 4.78 is 25.6. The number of hydrogen-bond donors (Lipinski definition) is 0. The number of benzene rings is 1. The van der Waals surface area contributed by atoms with Crippen LogP contribution in [0, 0.1) is 11.3 Å². The topological polar surface area (TPSA) is 118 Å². The first-order valence-corrected chi connectivity index (χ1v) is 10.5. The molecule has 0 fully saturated rings. The highest BCUT2D eigenvalue weighted by Crippen LogP contribution is 2.40. The predicted molar refractivity (Wildman–Crippen MR) is 120 cm³/mol. The van der Waals surface area contributed by atoms with Crippen molar-refractivity contribution in [3.63, 3.8) is 0 Å².